The number of hydrogen-bond acceptors (Lipinski definition) is 3. The molecular weight excluding hydrogens is 210 g/mol. The molecule has 2 rings (SSSR count). The molecule has 5 heteroatoms. The van der Waals surface area contributed by atoms with Gasteiger partial charge in [0.2, 0.25) is 5.91 Å². The standard InChI is InChI=1S/C10H15N3OS/c1-12-4-3-11-10(12)15-7-8-5-9(14)13(2)6-8/h3-4,8H,5-7H2,1-2H3. The number of likely N-dealkylation sites (tertiary alicyclic amines) is 1. The van der Waals surface area contributed by atoms with Crippen LogP contribution in [0.3, 0.4) is 0 Å². The molecule has 0 aromatic carbocycles. The van der Waals surface area contributed by atoms with Gasteiger partial charge >= 0.3 is 0 Å². The number of rotatable bonds is 3. The first-order valence-electron chi connectivity index (χ1n) is 5.01. The molecule has 1 saturated heterocycles. The van der Waals surface area contributed by atoms with Gasteiger partial charge in [0.25, 0.3) is 0 Å². The summed E-state index contributed by atoms with van der Waals surface area (Å²) in [6, 6.07) is 0. The molecule has 1 unspecified atom stereocenters. The Hall–Kier alpha value is -0.970. The fourth-order valence-electron chi connectivity index (χ4n) is 1.75. The van der Waals surface area contributed by atoms with E-state index in [-0.39, 0.29) is 5.91 Å². The van der Waals surface area contributed by atoms with E-state index in [0.29, 0.717) is 12.3 Å². The smallest absolute Gasteiger partial charge is 0.222 e. The summed E-state index contributed by atoms with van der Waals surface area (Å²) >= 11 is 1.73. The van der Waals surface area contributed by atoms with Crippen LogP contribution in [0.1, 0.15) is 6.42 Å². The second kappa shape index (κ2) is 4.26. The molecule has 0 saturated carbocycles. The van der Waals surface area contributed by atoms with Crippen LogP contribution in [0.2, 0.25) is 0 Å². The molecule has 1 aliphatic heterocycles. The Balaban J connectivity index is 1.85. The second-order valence-corrected chi connectivity index (χ2v) is 4.96. The molecule has 1 amide bonds. The first-order chi connectivity index (χ1) is 7.16. The Morgan fingerprint density at radius 3 is 2.93 bits per heavy atom. The quantitative estimate of drug-likeness (QED) is 0.720. The number of thioether (sulfide) groups is 1. The van der Waals surface area contributed by atoms with E-state index in [2.05, 4.69) is 4.98 Å². The number of aromatic nitrogens is 2. The van der Waals surface area contributed by atoms with Crippen LogP contribution in [0.15, 0.2) is 17.6 Å². The summed E-state index contributed by atoms with van der Waals surface area (Å²) in [5.74, 6) is 1.71. The van der Waals surface area contributed by atoms with Gasteiger partial charge in [0.1, 0.15) is 0 Å². The molecule has 1 aromatic rings. The second-order valence-electron chi connectivity index (χ2n) is 3.98. The van der Waals surface area contributed by atoms with Gasteiger partial charge < -0.3 is 9.47 Å². The number of imidazole rings is 1. The number of amides is 1. The van der Waals surface area contributed by atoms with Gasteiger partial charge in [0.15, 0.2) is 5.16 Å². The maximum absolute atomic E-state index is 11.3. The van der Waals surface area contributed by atoms with Gasteiger partial charge in [0.05, 0.1) is 0 Å². The molecule has 1 atom stereocenters. The van der Waals surface area contributed by atoms with Crippen molar-refractivity contribution in [1.82, 2.24) is 14.5 Å². The van der Waals surface area contributed by atoms with Gasteiger partial charge in [-0.25, -0.2) is 4.98 Å². The molecule has 4 nitrogen and oxygen atoms in total. The maximum Gasteiger partial charge on any atom is 0.222 e. The zero-order chi connectivity index (χ0) is 10.8. The van der Waals surface area contributed by atoms with E-state index in [1.807, 2.05) is 29.8 Å². The van der Waals surface area contributed by atoms with E-state index in [1.165, 1.54) is 0 Å². The van der Waals surface area contributed by atoms with Crippen LogP contribution in [0.25, 0.3) is 0 Å². The predicted molar refractivity (Wildman–Crippen MR) is 59.7 cm³/mol. The van der Waals surface area contributed by atoms with Gasteiger partial charge in [-0.1, -0.05) is 11.8 Å². The predicted octanol–water partition coefficient (Wildman–Crippen LogP) is 0.990. The summed E-state index contributed by atoms with van der Waals surface area (Å²) < 4.78 is 2.01. The van der Waals surface area contributed by atoms with Crippen molar-refractivity contribution in [1.29, 1.82) is 0 Å². The third kappa shape index (κ3) is 2.34. The number of carbonyl (C=O) groups excluding carboxylic acids is 1. The molecule has 1 fully saturated rings. The highest BCUT2D eigenvalue weighted by Crippen LogP contribution is 2.24. The lowest BCUT2D eigenvalue weighted by Gasteiger charge is -2.09. The highest BCUT2D eigenvalue weighted by molar-refractivity contribution is 7.99. The van der Waals surface area contributed by atoms with Gasteiger partial charge in [-0.05, 0) is 5.92 Å². The molecule has 0 radical (unpaired) electrons. The number of nitrogens with zero attached hydrogens (tertiary/aromatic N) is 3. The molecule has 82 valence electrons. The summed E-state index contributed by atoms with van der Waals surface area (Å²) in [7, 11) is 3.86. The van der Waals surface area contributed by atoms with Crippen molar-refractivity contribution in [3.63, 3.8) is 0 Å². The average molecular weight is 225 g/mol. The summed E-state index contributed by atoms with van der Waals surface area (Å²) in [4.78, 5) is 17.4. The van der Waals surface area contributed by atoms with Crippen LogP contribution in [0.5, 0.6) is 0 Å². The van der Waals surface area contributed by atoms with Crippen molar-refractivity contribution in [3.05, 3.63) is 12.4 Å². The van der Waals surface area contributed by atoms with E-state index >= 15 is 0 Å². The summed E-state index contributed by atoms with van der Waals surface area (Å²) in [5.41, 5.74) is 0. The summed E-state index contributed by atoms with van der Waals surface area (Å²) in [6.07, 6.45) is 4.43. The van der Waals surface area contributed by atoms with Gasteiger partial charge in [-0.15, -0.1) is 0 Å². The van der Waals surface area contributed by atoms with E-state index in [4.69, 9.17) is 0 Å². The lowest BCUT2D eigenvalue weighted by Crippen LogP contribution is -2.19. The van der Waals surface area contributed by atoms with Crippen molar-refractivity contribution < 1.29 is 4.79 Å². The zero-order valence-electron chi connectivity index (χ0n) is 9.01. The maximum atomic E-state index is 11.3. The number of aryl methyl sites for hydroxylation is 1. The first kappa shape index (κ1) is 10.5. The summed E-state index contributed by atoms with van der Waals surface area (Å²) in [6.45, 7) is 0.885. The normalized spacial score (nSPS) is 21.3. The molecular formula is C10H15N3OS. The Labute approximate surface area is 93.7 Å². The topological polar surface area (TPSA) is 38.1 Å². The van der Waals surface area contributed by atoms with Gasteiger partial charge in [-0.3, -0.25) is 4.79 Å². The number of carbonyl (C=O) groups is 1. The average Bonchev–Trinajstić information content (AvgIpc) is 2.72. The van der Waals surface area contributed by atoms with Gasteiger partial charge in [-0.2, -0.15) is 0 Å². The van der Waals surface area contributed by atoms with Crippen molar-refractivity contribution in [3.8, 4) is 0 Å². The van der Waals surface area contributed by atoms with Crippen molar-refractivity contribution >= 4 is 17.7 Å². The molecule has 2 heterocycles. The van der Waals surface area contributed by atoms with E-state index < -0.39 is 0 Å². The molecule has 1 aliphatic rings. The van der Waals surface area contributed by atoms with E-state index in [0.717, 1.165) is 17.5 Å². The minimum atomic E-state index is 0.264. The van der Waals surface area contributed by atoms with Crippen LogP contribution < -0.4 is 0 Å². The minimum absolute atomic E-state index is 0.264. The monoisotopic (exact) mass is 225 g/mol. The third-order valence-electron chi connectivity index (χ3n) is 2.65. The van der Waals surface area contributed by atoms with E-state index in [1.54, 1.807) is 18.0 Å². The van der Waals surface area contributed by atoms with Crippen LogP contribution in [0, 0.1) is 5.92 Å². The lowest BCUT2D eigenvalue weighted by atomic mass is 10.1. The van der Waals surface area contributed by atoms with Crippen LogP contribution in [0.4, 0.5) is 0 Å². The highest BCUT2D eigenvalue weighted by atomic mass is 32.2. The SMILES string of the molecule is CN1CC(CSc2nccn2C)CC1=O. The lowest BCUT2D eigenvalue weighted by molar-refractivity contribution is -0.126. The molecule has 1 aromatic heterocycles. The molecule has 0 spiro atoms. The van der Waals surface area contributed by atoms with Crippen molar-refractivity contribution in [2.24, 2.45) is 13.0 Å². The number of hydrogen-bond donors (Lipinski definition) is 0. The Morgan fingerprint density at radius 1 is 1.60 bits per heavy atom. The molecule has 15 heavy (non-hydrogen) atoms. The largest absolute Gasteiger partial charge is 0.345 e. The zero-order valence-corrected chi connectivity index (χ0v) is 9.83. The minimum Gasteiger partial charge on any atom is -0.345 e. The van der Waals surface area contributed by atoms with E-state index in [9.17, 15) is 4.79 Å². The molecule has 0 N–H and O–H groups in total. The molecule has 0 aliphatic carbocycles. The summed E-state index contributed by atoms with van der Waals surface area (Å²) in [5, 5.41) is 1.03. The third-order valence-corrected chi connectivity index (χ3v) is 3.94. The molecule has 0 bridgehead atoms. The van der Waals surface area contributed by atoms with Crippen molar-refractivity contribution in [2.45, 2.75) is 11.6 Å². The van der Waals surface area contributed by atoms with Crippen molar-refractivity contribution in [2.75, 3.05) is 19.3 Å². The van der Waals surface area contributed by atoms with Crippen LogP contribution in [-0.4, -0.2) is 39.7 Å². The fourth-order valence-corrected chi connectivity index (χ4v) is 2.76. The Bertz CT molecular complexity index is 363. The fraction of sp³-hybridized carbons (Fsp3) is 0.600. The Morgan fingerprint density at radius 2 is 2.40 bits per heavy atom. The highest BCUT2D eigenvalue weighted by Gasteiger charge is 2.26. The van der Waals surface area contributed by atoms with Gasteiger partial charge in [0, 0.05) is 45.2 Å². The Kier molecular flexibility index (Phi) is 3.00. The van der Waals surface area contributed by atoms with Crippen LogP contribution >= 0.6 is 11.8 Å². The van der Waals surface area contributed by atoms with Crippen LogP contribution in [-0.2, 0) is 11.8 Å². The first-order valence-corrected chi connectivity index (χ1v) is 5.99.